The van der Waals surface area contributed by atoms with Crippen LogP contribution in [0.1, 0.15) is 20.8 Å². The molecule has 0 aromatic heterocycles. The van der Waals surface area contributed by atoms with Crippen molar-refractivity contribution in [2.45, 2.75) is 38.7 Å². The molecule has 0 unspecified atom stereocenters. The normalized spacial score (nSPS) is 14.1. The second kappa shape index (κ2) is 6.95. The van der Waals surface area contributed by atoms with E-state index in [2.05, 4.69) is 5.32 Å². The van der Waals surface area contributed by atoms with Crippen molar-refractivity contribution in [3.05, 3.63) is 0 Å². The molecule has 0 heterocycles. The Kier molecular flexibility index (Phi) is 6.58. The number of ether oxygens (including phenoxy) is 1. The molecule has 5 nitrogen and oxygen atoms in total. The minimum atomic E-state index is -4.63. The molecule has 8 heteroatoms. The quantitative estimate of drug-likeness (QED) is 0.749. The van der Waals surface area contributed by atoms with Crippen LogP contribution >= 0.6 is 0 Å². The third kappa shape index (κ3) is 8.66. The van der Waals surface area contributed by atoms with Crippen LogP contribution in [0.25, 0.3) is 0 Å². The summed E-state index contributed by atoms with van der Waals surface area (Å²) in [6.07, 6.45) is -7.59. The minimum absolute atomic E-state index is 0.128. The molecular weight excluding hydrogens is 265 g/mol. The van der Waals surface area contributed by atoms with Crippen LogP contribution in [0.5, 0.6) is 0 Å². The maximum absolute atomic E-state index is 12.0. The molecule has 0 aliphatic carbocycles. The van der Waals surface area contributed by atoms with E-state index in [9.17, 15) is 18.0 Å². The summed E-state index contributed by atoms with van der Waals surface area (Å²) in [5, 5.41) is 11.1. The van der Waals surface area contributed by atoms with Gasteiger partial charge in [0.25, 0.3) is 0 Å². The van der Waals surface area contributed by atoms with Crippen molar-refractivity contribution in [2.75, 3.05) is 26.7 Å². The fourth-order valence-electron chi connectivity index (χ4n) is 1.03. The molecule has 0 fully saturated rings. The van der Waals surface area contributed by atoms with Crippen molar-refractivity contribution >= 4 is 6.09 Å². The van der Waals surface area contributed by atoms with E-state index in [1.165, 1.54) is 11.9 Å². The van der Waals surface area contributed by atoms with Crippen molar-refractivity contribution in [2.24, 2.45) is 0 Å². The SMILES string of the molecule is CN(CCNC[C@H](O)C(F)(F)F)C(=O)OC(C)(C)C. The Morgan fingerprint density at radius 1 is 1.37 bits per heavy atom. The van der Waals surface area contributed by atoms with Crippen LogP contribution in [-0.4, -0.2) is 60.7 Å². The maximum Gasteiger partial charge on any atom is 0.415 e. The molecule has 0 aliphatic rings. The van der Waals surface area contributed by atoms with Gasteiger partial charge in [-0.05, 0) is 20.8 Å². The lowest BCUT2D eigenvalue weighted by Crippen LogP contribution is -2.42. The van der Waals surface area contributed by atoms with Gasteiger partial charge in [-0.1, -0.05) is 0 Å². The molecule has 0 radical (unpaired) electrons. The van der Waals surface area contributed by atoms with E-state index in [4.69, 9.17) is 9.84 Å². The number of hydrogen-bond donors (Lipinski definition) is 2. The zero-order valence-electron chi connectivity index (χ0n) is 11.5. The molecule has 19 heavy (non-hydrogen) atoms. The number of nitrogens with one attached hydrogen (secondary N) is 1. The lowest BCUT2D eigenvalue weighted by Gasteiger charge is -2.25. The molecule has 0 saturated carbocycles. The summed E-state index contributed by atoms with van der Waals surface area (Å²) >= 11 is 0. The van der Waals surface area contributed by atoms with Gasteiger partial charge in [0.1, 0.15) is 5.60 Å². The number of hydrogen-bond acceptors (Lipinski definition) is 4. The zero-order chi connectivity index (χ0) is 15.3. The highest BCUT2D eigenvalue weighted by atomic mass is 19.4. The second-order valence-electron chi connectivity index (χ2n) is 5.16. The van der Waals surface area contributed by atoms with E-state index in [-0.39, 0.29) is 13.1 Å². The molecule has 0 saturated heterocycles. The van der Waals surface area contributed by atoms with E-state index >= 15 is 0 Å². The summed E-state index contributed by atoms with van der Waals surface area (Å²) in [7, 11) is 1.48. The first-order valence-electron chi connectivity index (χ1n) is 5.83. The number of halogens is 3. The monoisotopic (exact) mass is 286 g/mol. The molecule has 0 aromatic rings. The number of nitrogens with zero attached hydrogens (tertiary/aromatic N) is 1. The third-order valence-corrected chi connectivity index (χ3v) is 2.04. The van der Waals surface area contributed by atoms with Gasteiger partial charge in [-0.15, -0.1) is 0 Å². The standard InChI is InChI=1S/C11H21F3N2O3/c1-10(2,3)19-9(18)16(4)6-5-15-7-8(17)11(12,13)14/h8,15,17H,5-7H2,1-4H3/t8-/m0/s1. The van der Waals surface area contributed by atoms with Crippen LogP contribution < -0.4 is 5.32 Å². The molecule has 0 aromatic carbocycles. The van der Waals surface area contributed by atoms with Crippen molar-refractivity contribution in [1.29, 1.82) is 0 Å². The highest BCUT2D eigenvalue weighted by Gasteiger charge is 2.37. The van der Waals surface area contributed by atoms with Gasteiger partial charge in [0.05, 0.1) is 0 Å². The molecule has 2 N–H and O–H groups in total. The van der Waals surface area contributed by atoms with Crippen molar-refractivity contribution in [3.63, 3.8) is 0 Å². The Hall–Kier alpha value is -1.02. The molecular formula is C11H21F3N2O3. The van der Waals surface area contributed by atoms with Crippen LogP contribution in [0.2, 0.25) is 0 Å². The van der Waals surface area contributed by atoms with Crippen molar-refractivity contribution in [1.82, 2.24) is 10.2 Å². The molecule has 114 valence electrons. The number of aliphatic hydroxyl groups excluding tert-OH is 1. The number of likely N-dealkylation sites (N-methyl/N-ethyl adjacent to an activating group) is 1. The maximum atomic E-state index is 12.0. The first-order valence-corrected chi connectivity index (χ1v) is 5.83. The summed E-state index contributed by atoms with van der Waals surface area (Å²) in [5.41, 5.74) is -0.620. The Bertz CT molecular complexity index is 290. The summed E-state index contributed by atoms with van der Waals surface area (Å²) < 4.78 is 41.0. The Labute approximate surface area is 110 Å². The number of carbonyl (C=O) groups is 1. The number of alkyl halides is 3. The average molecular weight is 286 g/mol. The van der Waals surface area contributed by atoms with Crippen LogP contribution in [0, 0.1) is 0 Å². The summed E-state index contributed by atoms with van der Waals surface area (Å²) in [6.45, 7) is 4.86. The van der Waals surface area contributed by atoms with E-state index in [1.54, 1.807) is 20.8 Å². The van der Waals surface area contributed by atoms with Gasteiger partial charge < -0.3 is 20.1 Å². The lowest BCUT2D eigenvalue weighted by atomic mass is 10.2. The highest BCUT2D eigenvalue weighted by molar-refractivity contribution is 5.67. The largest absolute Gasteiger partial charge is 0.444 e. The predicted octanol–water partition coefficient (Wildman–Crippen LogP) is 1.37. The average Bonchev–Trinajstić information content (AvgIpc) is 2.19. The van der Waals surface area contributed by atoms with Gasteiger partial charge in [-0.3, -0.25) is 0 Å². The van der Waals surface area contributed by atoms with Crippen LogP contribution in [0.15, 0.2) is 0 Å². The Morgan fingerprint density at radius 2 is 1.89 bits per heavy atom. The van der Waals surface area contributed by atoms with Crippen LogP contribution in [0.4, 0.5) is 18.0 Å². The molecule has 1 atom stereocenters. The van der Waals surface area contributed by atoms with E-state index in [0.717, 1.165) is 0 Å². The Balaban J connectivity index is 3.87. The van der Waals surface area contributed by atoms with E-state index in [1.807, 2.05) is 0 Å². The van der Waals surface area contributed by atoms with Gasteiger partial charge in [0.2, 0.25) is 0 Å². The minimum Gasteiger partial charge on any atom is -0.444 e. The molecule has 0 spiro atoms. The van der Waals surface area contributed by atoms with Crippen LogP contribution in [0.3, 0.4) is 0 Å². The van der Waals surface area contributed by atoms with Gasteiger partial charge >= 0.3 is 12.3 Å². The van der Waals surface area contributed by atoms with Gasteiger partial charge in [0.15, 0.2) is 6.10 Å². The topological polar surface area (TPSA) is 61.8 Å². The second-order valence-corrected chi connectivity index (χ2v) is 5.16. The Morgan fingerprint density at radius 3 is 2.32 bits per heavy atom. The summed E-state index contributed by atoms with van der Waals surface area (Å²) in [5.74, 6) is 0. The predicted molar refractivity (Wildman–Crippen MR) is 63.8 cm³/mol. The first-order chi connectivity index (χ1) is 8.43. The van der Waals surface area contributed by atoms with E-state index < -0.39 is 30.5 Å². The molecule has 1 amide bonds. The molecule has 0 aliphatic heterocycles. The number of amides is 1. The zero-order valence-corrected chi connectivity index (χ0v) is 11.5. The smallest absolute Gasteiger partial charge is 0.415 e. The molecule has 0 bridgehead atoms. The fourth-order valence-corrected chi connectivity index (χ4v) is 1.03. The van der Waals surface area contributed by atoms with Gasteiger partial charge in [0, 0.05) is 26.7 Å². The van der Waals surface area contributed by atoms with E-state index in [0.29, 0.717) is 0 Å². The van der Waals surface area contributed by atoms with Crippen LogP contribution in [-0.2, 0) is 4.74 Å². The molecule has 0 rings (SSSR count). The third-order valence-electron chi connectivity index (χ3n) is 2.04. The van der Waals surface area contributed by atoms with Crippen molar-refractivity contribution < 1.29 is 27.8 Å². The first kappa shape index (κ1) is 18.0. The van der Waals surface area contributed by atoms with Crippen molar-refractivity contribution in [3.8, 4) is 0 Å². The number of rotatable bonds is 5. The lowest BCUT2D eigenvalue weighted by molar-refractivity contribution is -0.201. The summed E-state index contributed by atoms with van der Waals surface area (Å²) in [6, 6.07) is 0. The number of carbonyl (C=O) groups excluding carboxylic acids is 1. The van der Waals surface area contributed by atoms with Gasteiger partial charge in [-0.2, -0.15) is 13.2 Å². The number of aliphatic hydroxyl groups is 1. The fraction of sp³-hybridized carbons (Fsp3) is 0.909. The van der Waals surface area contributed by atoms with Gasteiger partial charge in [-0.25, -0.2) is 4.79 Å². The highest BCUT2D eigenvalue weighted by Crippen LogP contribution is 2.19. The summed E-state index contributed by atoms with van der Waals surface area (Å²) in [4.78, 5) is 12.7.